The second-order valence-corrected chi connectivity index (χ2v) is 4.95. The zero-order valence-corrected chi connectivity index (χ0v) is 11.0. The van der Waals surface area contributed by atoms with Gasteiger partial charge in [0.1, 0.15) is 5.75 Å². The van der Waals surface area contributed by atoms with E-state index in [0.29, 0.717) is 6.54 Å². The summed E-state index contributed by atoms with van der Waals surface area (Å²) in [6, 6.07) is 6.11. The molecule has 1 aromatic carbocycles. The lowest BCUT2D eigenvalue weighted by atomic mass is 10.1. The molecule has 1 saturated heterocycles. The quantitative estimate of drug-likeness (QED) is 0.875. The number of carbonyl (C=O) groups excluding carboxylic acids is 1. The van der Waals surface area contributed by atoms with E-state index in [-0.39, 0.29) is 18.6 Å². The number of carbonyl (C=O) groups is 1. The Bertz CT molecular complexity index is 445. The predicted molar refractivity (Wildman–Crippen MR) is 70.6 cm³/mol. The molecule has 4 heteroatoms. The summed E-state index contributed by atoms with van der Waals surface area (Å²) in [5, 5.41) is 0. The predicted octanol–water partition coefficient (Wildman–Crippen LogP) is 1.24. The van der Waals surface area contributed by atoms with Crippen LogP contribution in [0.15, 0.2) is 18.2 Å². The molecule has 1 aromatic rings. The van der Waals surface area contributed by atoms with Gasteiger partial charge in [-0.3, -0.25) is 4.79 Å². The fourth-order valence-electron chi connectivity index (χ4n) is 2.11. The molecule has 0 radical (unpaired) electrons. The number of aryl methyl sites for hydroxylation is 2. The number of ether oxygens (including phenoxy) is 1. The van der Waals surface area contributed by atoms with E-state index in [1.54, 1.807) is 4.90 Å². The maximum atomic E-state index is 11.9. The largest absolute Gasteiger partial charge is 0.483 e. The summed E-state index contributed by atoms with van der Waals surface area (Å²) in [5.74, 6) is 0.802. The monoisotopic (exact) mass is 248 g/mol. The number of rotatable bonds is 3. The van der Waals surface area contributed by atoms with E-state index in [4.69, 9.17) is 10.5 Å². The number of amides is 1. The third-order valence-corrected chi connectivity index (χ3v) is 3.27. The van der Waals surface area contributed by atoms with Crippen molar-refractivity contribution in [3.8, 4) is 5.75 Å². The van der Waals surface area contributed by atoms with Gasteiger partial charge in [-0.25, -0.2) is 0 Å². The maximum Gasteiger partial charge on any atom is 0.260 e. The molecule has 0 aromatic heterocycles. The lowest BCUT2D eigenvalue weighted by Gasteiger charge is -2.16. The zero-order valence-electron chi connectivity index (χ0n) is 11.0. The lowest BCUT2D eigenvalue weighted by molar-refractivity contribution is -0.132. The van der Waals surface area contributed by atoms with E-state index in [2.05, 4.69) is 0 Å². The van der Waals surface area contributed by atoms with Crippen LogP contribution in [0.5, 0.6) is 5.75 Å². The number of hydrogen-bond acceptors (Lipinski definition) is 3. The average Bonchev–Trinajstić information content (AvgIpc) is 2.77. The van der Waals surface area contributed by atoms with Crippen molar-refractivity contribution >= 4 is 5.91 Å². The molecule has 2 N–H and O–H groups in total. The van der Waals surface area contributed by atoms with Gasteiger partial charge in [-0.1, -0.05) is 12.1 Å². The van der Waals surface area contributed by atoms with Gasteiger partial charge in [-0.2, -0.15) is 0 Å². The molecule has 1 amide bonds. The van der Waals surface area contributed by atoms with Crippen LogP contribution in [-0.4, -0.2) is 36.5 Å². The second kappa shape index (κ2) is 5.40. The molecule has 98 valence electrons. The average molecular weight is 248 g/mol. The lowest BCUT2D eigenvalue weighted by Crippen LogP contribution is -2.35. The minimum atomic E-state index is 0.0175. The van der Waals surface area contributed by atoms with Gasteiger partial charge in [0.15, 0.2) is 6.61 Å². The summed E-state index contributed by atoms with van der Waals surface area (Å²) in [6.45, 7) is 5.47. The molecule has 0 saturated carbocycles. The molecule has 1 heterocycles. The highest BCUT2D eigenvalue weighted by atomic mass is 16.5. The highest BCUT2D eigenvalue weighted by molar-refractivity contribution is 5.78. The molecule has 1 aliphatic rings. The van der Waals surface area contributed by atoms with E-state index in [9.17, 15) is 4.79 Å². The van der Waals surface area contributed by atoms with Crippen LogP contribution >= 0.6 is 0 Å². The van der Waals surface area contributed by atoms with Crippen LogP contribution in [-0.2, 0) is 4.79 Å². The van der Waals surface area contributed by atoms with E-state index in [1.807, 2.05) is 32.0 Å². The number of nitrogens with zero attached hydrogens (tertiary/aromatic N) is 1. The van der Waals surface area contributed by atoms with Gasteiger partial charge >= 0.3 is 0 Å². The Hall–Kier alpha value is -1.55. The molecule has 0 unspecified atom stereocenters. The molecule has 4 nitrogen and oxygen atoms in total. The number of benzene rings is 1. The summed E-state index contributed by atoms with van der Waals surface area (Å²) in [7, 11) is 0. The highest BCUT2D eigenvalue weighted by Gasteiger charge is 2.23. The van der Waals surface area contributed by atoms with E-state index >= 15 is 0 Å². The Morgan fingerprint density at radius 1 is 1.50 bits per heavy atom. The summed E-state index contributed by atoms with van der Waals surface area (Å²) < 4.78 is 5.60. The van der Waals surface area contributed by atoms with Crippen LogP contribution in [0, 0.1) is 13.8 Å². The van der Waals surface area contributed by atoms with E-state index in [1.165, 1.54) is 0 Å². The smallest absolute Gasteiger partial charge is 0.260 e. The van der Waals surface area contributed by atoms with Crippen molar-refractivity contribution in [2.24, 2.45) is 5.73 Å². The molecule has 1 fully saturated rings. The first kappa shape index (κ1) is 12.9. The normalized spacial score (nSPS) is 19.1. The SMILES string of the molecule is Cc1ccc(C)c(OCC(=O)N2CC[C@H](N)C2)c1. The fourth-order valence-corrected chi connectivity index (χ4v) is 2.11. The van der Waals surface area contributed by atoms with Gasteiger partial charge < -0.3 is 15.4 Å². The number of likely N-dealkylation sites (tertiary alicyclic amines) is 1. The summed E-state index contributed by atoms with van der Waals surface area (Å²) in [6.07, 6.45) is 0.884. The fraction of sp³-hybridized carbons (Fsp3) is 0.500. The number of nitrogens with two attached hydrogens (primary N) is 1. The molecule has 2 rings (SSSR count). The first-order valence-corrected chi connectivity index (χ1v) is 6.29. The molecule has 18 heavy (non-hydrogen) atoms. The molecule has 1 aliphatic heterocycles. The zero-order chi connectivity index (χ0) is 13.1. The highest BCUT2D eigenvalue weighted by Crippen LogP contribution is 2.19. The van der Waals surface area contributed by atoms with Crippen molar-refractivity contribution < 1.29 is 9.53 Å². The van der Waals surface area contributed by atoms with Gasteiger partial charge in [-0.05, 0) is 37.5 Å². The third-order valence-electron chi connectivity index (χ3n) is 3.27. The Kier molecular flexibility index (Phi) is 3.87. The Balaban J connectivity index is 1.91. The molecule has 0 aliphatic carbocycles. The van der Waals surface area contributed by atoms with Gasteiger partial charge in [0, 0.05) is 19.1 Å². The van der Waals surface area contributed by atoms with Crippen molar-refractivity contribution in [3.63, 3.8) is 0 Å². The van der Waals surface area contributed by atoms with Gasteiger partial charge in [0.2, 0.25) is 0 Å². The van der Waals surface area contributed by atoms with Crippen molar-refractivity contribution in [1.29, 1.82) is 0 Å². The Morgan fingerprint density at radius 3 is 2.94 bits per heavy atom. The second-order valence-electron chi connectivity index (χ2n) is 4.95. The Morgan fingerprint density at radius 2 is 2.28 bits per heavy atom. The number of hydrogen-bond donors (Lipinski definition) is 1. The summed E-state index contributed by atoms with van der Waals surface area (Å²) in [5.41, 5.74) is 7.96. The van der Waals surface area contributed by atoms with Gasteiger partial charge in [0.25, 0.3) is 5.91 Å². The van der Waals surface area contributed by atoms with Crippen molar-refractivity contribution in [3.05, 3.63) is 29.3 Å². The molecule has 0 spiro atoms. The van der Waals surface area contributed by atoms with Crippen LogP contribution in [0.25, 0.3) is 0 Å². The first-order valence-electron chi connectivity index (χ1n) is 6.29. The molecular weight excluding hydrogens is 228 g/mol. The molecule has 1 atom stereocenters. The topological polar surface area (TPSA) is 55.6 Å². The van der Waals surface area contributed by atoms with Gasteiger partial charge in [-0.15, -0.1) is 0 Å². The van der Waals surface area contributed by atoms with Gasteiger partial charge in [0.05, 0.1) is 0 Å². The van der Waals surface area contributed by atoms with Crippen molar-refractivity contribution in [1.82, 2.24) is 4.90 Å². The van der Waals surface area contributed by atoms with Crippen LogP contribution in [0.3, 0.4) is 0 Å². The molecular formula is C14H20N2O2. The van der Waals surface area contributed by atoms with Crippen LogP contribution < -0.4 is 10.5 Å². The summed E-state index contributed by atoms with van der Waals surface area (Å²) in [4.78, 5) is 13.7. The van der Waals surface area contributed by atoms with Crippen molar-refractivity contribution in [2.75, 3.05) is 19.7 Å². The standard InChI is InChI=1S/C14H20N2O2/c1-10-3-4-11(2)13(7-10)18-9-14(17)16-6-5-12(15)8-16/h3-4,7,12H,5-6,8-9,15H2,1-2H3/t12-/m0/s1. The molecule has 0 bridgehead atoms. The third kappa shape index (κ3) is 3.01. The van der Waals surface area contributed by atoms with E-state index in [0.717, 1.165) is 29.8 Å². The summed E-state index contributed by atoms with van der Waals surface area (Å²) >= 11 is 0. The van der Waals surface area contributed by atoms with Crippen LogP contribution in [0.1, 0.15) is 17.5 Å². The maximum absolute atomic E-state index is 11.9. The van der Waals surface area contributed by atoms with Crippen LogP contribution in [0.2, 0.25) is 0 Å². The Labute approximate surface area is 108 Å². The minimum Gasteiger partial charge on any atom is -0.483 e. The van der Waals surface area contributed by atoms with Crippen LogP contribution in [0.4, 0.5) is 0 Å². The van der Waals surface area contributed by atoms with E-state index < -0.39 is 0 Å². The first-order chi connectivity index (χ1) is 8.56. The minimum absolute atomic E-state index is 0.0175. The van der Waals surface area contributed by atoms with Crippen molar-refractivity contribution in [2.45, 2.75) is 26.3 Å².